The molecule has 0 spiro atoms. The molecule has 0 bridgehead atoms. The van der Waals surface area contributed by atoms with Gasteiger partial charge in [0.25, 0.3) is 0 Å². The quantitative estimate of drug-likeness (QED) is 0.923. The molecule has 3 rings (SSSR count). The third-order valence-electron chi connectivity index (χ3n) is 5.07. The Kier molecular flexibility index (Phi) is 6.06. The Morgan fingerprint density at radius 2 is 1.90 bits per heavy atom. The van der Waals surface area contributed by atoms with Crippen LogP contribution in [-0.2, 0) is 6.54 Å². The summed E-state index contributed by atoms with van der Waals surface area (Å²) in [6.07, 6.45) is 1.33. The van der Waals surface area contributed by atoms with Crippen molar-refractivity contribution in [2.24, 2.45) is 0 Å². The molecule has 21 heavy (non-hydrogen) atoms. The highest BCUT2D eigenvalue weighted by Gasteiger charge is 2.25. The van der Waals surface area contributed by atoms with Crippen molar-refractivity contribution in [2.45, 2.75) is 32.9 Å². The van der Waals surface area contributed by atoms with Gasteiger partial charge < -0.3 is 5.32 Å². The summed E-state index contributed by atoms with van der Waals surface area (Å²) in [6.45, 7) is 12.9. The van der Waals surface area contributed by atoms with Gasteiger partial charge in [0, 0.05) is 45.3 Å². The number of piperazine rings is 1. The molecule has 3 nitrogen and oxygen atoms in total. The van der Waals surface area contributed by atoms with Crippen molar-refractivity contribution in [2.75, 3.05) is 39.3 Å². The van der Waals surface area contributed by atoms with E-state index in [-0.39, 0.29) is 12.4 Å². The van der Waals surface area contributed by atoms with E-state index < -0.39 is 0 Å². The zero-order valence-corrected chi connectivity index (χ0v) is 14.1. The topological polar surface area (TPSA) is 18.5 Å². The number of hydrogen-bond acceptors (Lipinski definition) is 3. The monoisotopic (exact) mass is 309 g/mol. The first-order valence-electron chi connectivity index (χ1n) is 7.96. The average molecular weight is 310 g/mol. The van der Waals surface area contributed by atoms with E-state index in [9.17, 15) is 0 Å². The van der Waals surface area contributed by atoms with E-state index in [0.717, 1.165) is 12.6 Å². The Hall–Kier alpha value is -0.610. The van der Waals surface area contributed by atoms with Gasteiger partial charge in [0.1, 0.15) is 0 Å². The minimum Gasteiger partial charge on any atom is -0.315 e. The fraction of sp³-hybridized carbons (Fsp3) is 0.647. The first-order chi connectivity index (χ1) is 9.74. The number of rotatable bonds is 3. The second-order valence-corrected chi connectivity index (χ2v) is 6.32. The van der Waals surface area contributed by atoms with Gasteiger partial charge in [-0.1, -0.05) is 18.2 Å². The van der Waals surface area contributed by atoms with Crippen molar-refractivity contribution >= 4 is 12.4 Å². The third kappa shape index (κ3) is 3.98. The van der Waals surface area contributed by atoms with Gasteiger partial charge >= 0.3 is 0 Å². The molecule has 2 aliphatic heterocycles. The van der Waals surface area contributed by atoms with E-state index in [1.807, 2.05) is 0 Å². The van der Waals surface area contributed by atoms with E-state index in [1.165, 1.54) is 62.4 Å². The van der Waals surface area contributed by atoms with Gasteiger partial charge in [-0.25, -0.2) is 0 Å². The van der Waals surface area contributed by atoms with Gasteiger partial charge in [-0.3, -0.25) is 9.80 Å². The van der Waals surface area contributed by atoms with Crippen molar-refractivity contribution in [3.63, 3.8) is 0 Å². The van der Waals surface area contributed by atoms with E-state index in [1.54, 1.807) is 0 Å². The first kappa shape index (κ1) is 16.8. The molecule has 0 amide bonds. The van der Waals surface area contributed by atoms with Crippen LogP contribution in [0, 0.1) is 13.8 Å². The third-order valence-corrected chi connectivity index (χ3v) is 5.07. The van der Waals surface area contributed by atoms with Crippen LogP contribution in [0.15, 0.2) is 18.2 Å². The van der Waals surface area contributed by atoms with Crippen LogP contribution >= 0.6 is 12.4 Å². The molecular formula is C17H28ClN3. The maximum absolute atomic E-state index is 3.48. The van der Waals surface area contributed by atoms with Crippen molar-refractivity contribution in [3.8, 4) is 0 Å². The predicted octanol–water partition coefficient (Wildman–Crippen LogP) is 2.20. The smallest absolute Gasteiger partial charge is 0.0237 e. The Morgan fingerprint density at radius 1 is 1.14 bits per heavy atom. The van der Waals surface area contributed by atoms with E-state index >= 15 is 0 Å². The zero-order chi connectivity index (χ0) is 13.9. The van der Waals surface area contributed by atoms with E-state index in [0.29, 0.717) is 0 Å². The number of benzene rings is 1. The van der Waals surface area contributed by atoms with E-state index in [2.05, 4.69) is 47.2 Å². The lowest BCUT2D eigenvalue weighted by molar-refractivity contribution is 0.0980. The van der Waals surface area contributed by atoms with Gasteiger partial charge in [-0.15, -0.1) is 12.4 Å². The molecule has 0 aliphatic carbocycles. The molecular weight excluding hydrogens is 282 g/mol. The molecule has 1 aromatic carbocycles. The van der Waals surface area contributed by atoms with Crippen LogP contribution in [0.2, 0.25) is 0 Å². The van der Waals surface area contributed by atoms with Crippen molar-refractivity contribution in [3.05, 3.63) is 34.9 Å². The molecule has 0 saturated carbocycles. The van der Waals surface area contributed by atoms with Crippen LogP contribution in [0.1, 0.15) is 23.1 Å². The molecule has 2 fully saturated rings. The first-order valence-corrected chi connectivity index (χ1v) is 7.96. The normalized spacial score (nSPS) is 24.0. The van der Waals surface area contributed by atoms with Crippen molar-refractivity contribution in [1.29, 1.82) is 0 Å². The zero-order valence-electron chi connectivity index (χ0n) is 13.3. The van der Waals surface area contributed by atoms with Crippen LogP contribution in [0.25, 0.3) is 0 Å². The number of aryl methyl sites for hydroxylation is 1. The molecule has 0 aromatic heterocycles. The molecule has 2 heterocycles. The highest BCUT2D eigenvalue weighted by molar-refractivity contribution is 5.85. The van der Waals surface area contributed by atoms with Crippen LogP contribution < -0.4 is 5.32 Å². The van der Waals surface area contributed by atoms with Gasteiger partial charge in [0.15, 0.2) is 0 Å². The fourth-order valence-corrected chi connectivity index (χ4v) is 3.46. The lowest BCUT2D eigenvalue weighted by Crippen LogP contribution is -2.50. The summed E-state index contributed by atoms with van der Waals surface area (Å²) in [5.74, 6) is 0. The molecule has 1 atom stereocenters. The number of hydrogen-bond donors (Lipinski definition) is 1. The summed E-state index contributed by atoms with van der Waals surface area (Å²) in [6, 6.07) is 7.48. The minimum atomic E-state index is 0. The molecule has 1 N–H and O–H groups in total. The van der Waals surface area contributed by atoms with Gasteiger partial charge in [0.05, 0.1) is 0 Å². The number of halogens is 1. The molecule has 2 saturated heterocycles. The van der Waals surface area contributed by atoms with Crippen molar-refractivity contribution < 1.29 is 0 Å². The standard InChI is InChI=1S/C17H27N3.ClH/c1-14-4-3-5-16(15(14)2)13-19-8-10-20(11-9-19)17-6-7-18-12-17;/h3-5,17-18H,6-13H2,1-2H3;1H. The summed E-state index contributed by atoms with van der Waals surface area (Å²) in [5.41, 5.74) is 4.38. The van der Waals surface area contributed by atoms with Gasteiger partial charge in [-0.05, 0) is 43.5 Å². The molecule has 4 heteroatoms. The Bertz CT molecular complexity index is 449. The Labute approximate surface area is 135 Å². The van der Waals surface area contributed by atoms with Crippen LogP contribution in [0.5, 0.6) is 0 Å². The Balaban J connectivity index is 0.00000161. The number of nitrogens with zero attached hydrogens (tertiary/aromatic N) is 2. The van der Waals surface area contributed by atoms with Crippen LogP contribution in [-0.4, -0.2) is 55.1 Å². The summed E-state index contributed by atoms with van der Waals surface area (Å²) < 4.78 is 0. The summed E-state index contributed by atoms with van der Waals surface area (Å²) >= 11 is 0. The molecule has 1 unspecified atom stereocenters. The molecule has 118 valence electrons. The van der Waals surface area contributed by atoms with Gasteiger partial charge in [0.2, 0.25) is 0 Å². The summed E-state index contributed by atoms with van der Waals surface area (Å²) in [4.78, 5) is 5.29. The predicted molar refractivity (Wildman–Crippen MR) is 91.3 cm³/mol. The highest BCUT2D eigenvalue weighted by Crippen LogP contribution is 2.17. The summed E-state index contributed by atoms with van der Waals surface area (Å²) in [5, 5.41) is 3.48. The lowest BCUT2D eigenvalue weighted by atomic mass is 10.0. The number of nitrogens with one attached hydrogen (secondary N) is 1. The minimum absolute atomic E-state index is 0. The lowest BCUT2D eigenvalue weighted by Gasteiger charge is -2.38. The fourth-order valence-electron chi connectivity index (χ4n) is 3.46. The molecule has 0 radical (unpaired) electrons. The maximum atomic E-state index is 3.48. The molecule has 1 aromatic rings. The Morgan fingerprint density at radius 3 is 2.57 bits per heavy atom. The van der Waals surface area contributed by atoms with E-state index in [4.69, 9.17) is 0 Å². The van der Waals surface area contributed by atoms with Crippen LogP contribution in [0.4, 0.5) is 0 Å². The second-order valence-electron chi connectivity index (χ2n) is 6.32. The van der Waals surface area contributed by atoms with Gasteiger partial charge in [-0.2, -0.15) is 0 Å². The average Bonchev–Trinajstić information content (AvgIpc) is 2.99. The second kappa shape index (κ2) is 7.59. The van der Waals surface area contributed by atoms with Crippen molar-refractivity contribution in [1.82, 2.24) is 15.1 Å². The SMILES string of the molecule is Cc1cccc(CN2CCN(C3CCNC3)CC2)c1C.Cl. The molecule has 2 aliphatic rings. The summed E-state index contributed by atoms with van der Waals surface area (Å²) in [7, 11) is 0. The maximum Gasteiger partial charge on any atom is 0.0237 e. The highest BCUT2D eigenvalue weighted by atomic mass is 35.5. The largest absolute Gasteiger partial charge is 0.315 e. The van der Waals surface area contributed by atoms with Crippen LogP contribution in [0.3, 0.4) is 0 Å².